The van der Waals surface area contributed by atoms with Crippen molar-refractivity contribution in [1.29, 1.82) is 0 Å². The Labute approximate surface area is 210 Å². The van der Waals surface area contributed by atoms with Gasteiger partial charge in [0.15, 0.2) is 4.80 Å². The smallest absolute Gasteiger partial charge is 0.325 e. The molecule has 8 nitrogen and oxygen atoms in total. The van der Waals surface area contributed by atoms with Crippen molar-refractivity contribution in [3.8, 4) is 0 Å². The molecule has 1 aliphatic heterocycles. The molecule has 1 aliphatic rings. The highest BCUT2D eigenvalue weighted by atomic mass is 35.5. The Hall–Kier alpha value is -2.05. The van der Waals surface area contributed by atoms with E-state index in [1.165, 1.54) is 28.8 Å². The minimum atomic E-state index is -3.62. The molecule has 34 heavy (non-hydrogen) atoms. The van der Waals surface area contributed by atoms with Crippen LogP contribution in [0.2, 0.25) is 4.34 Å². The third-order valence-corrected chi connectivity index (χ3v) is 10.5. The van der Waals surface area contributed by atoms with Crippen LogP contribution in [0.5, 0.6) is 0 Å². The fraction of sp³-hybridized carbons (Fsp3) is 0.409. The van der Waals surface area contributed by atoms with Crippen LogP contribution in [0, 0.1) is 5.92 Å². The molecule has 1 fully saturated rings. The molecule has 0 radical (unpaired) electrons. The van der Waals surface area contributed by atoms with Gasteiger partial charge in [0.25, 0.3) is 15.9 Å². The molecular formula is C22H24ClN3O5S3. The first kappa shape index (κ1) is 25.1. The molecule has 1 amide bonds. The fourth-order valence-electron chi connectivity index (χ4n) is 3.86. The number of thiophene rings is 1. The SMILES string of the molecule is CCc1ccc2c(c1)sc(=NC(=O)C1CCN(S(=O)(=O)c3ccc(Cl)s3)CC1)n2CC(=O)OC. The molecule has 1 saturated heterocycles. The summed E-state index contributed by atoms with van der Waals surface area (Å²) in [7, 11) is -2.30. The Morgan fingerprint density at radius 1 is 1.18 bits per heavy atom. The first-order chi connectivity index (χ1) is 16.2. The highest BCUT2D eigenvalue weighted by molar-refractivity contribution is 7.91. The molecule has 182 valence electrons. The number of rotatable bonds is 6. The van der Waals surface area contributed by atoms with Gasteiger partial charge in [-0.05, 0) is 49.1 Å². The average molecular weight is 542 g/mol. The Morgan fingerprint density at radius 2 is 1.91 bits per heavy atom. The number of aromatic nitrogens is 1. The van der Waals surface area contributed by atoms with Crippen molar-refractivity contribution in [3.05, 3.63) is 45.0 Å². The first-order valence-electron chi connectivity index (χ1n) is 10.8. The number of piperidine rings is 1. The molecule has 2 aromatic heterocycles. The van der Waals surface area contributed by atoms with Crippen molar-refractivity contribution >= 4 is 66.4 Å². The van der Waals surface area contributed by atoms with Gasteiger partial charge in [-0.25, -0.2) is 8.42 Å². The molecular weight excluding hydrogens is 518 g/mol. The zero-order valence-electron chi connectivity index (χ0n) is 18.7. The number of hydrogen-bond acceptors (Lipinski definition) is 7. The lowest BCUT2D eigenvalue weighted by Crippen LogP contribution is -2.40. The van der Waals surface area contributed by atoms with E-state index in [0.29, 0.717) is 22.0 Å². The zero-order valence-corrected chi connectivity index (χ0v) is 21.9. The van der Waals surface area contributed by atoms with Crippen LogP contribution in [0.4, 0.5) is 0 Å². The van der Waals surface area contributed by atoms with Crippen LogP contribution in [0.3, 0.4) is 0 Å². The van der Waals surface area contributed by atoms with Crippen molar-refractivity contribution in [2.24, 2.45) is 10.9 Å². The maximum Gasteiger partial charge on any atom is 0.325 e. The largest absolute Gasteiger partial charge is 0.468 e. The molecule has 1 aromatic carbocycles. The van der Waals surface area contributed by atoms with Crippen molar-refractivity contribution in [1.82, 2.24) is 8.87 Å². The van der Waals surface area contributed by atoms with E-state index in [4.69, 9.17) is 16.3 Å². The number of esters is 1. The summed E-state index contributed by atoms with van der Waals surface area (Å²) in [6, 6.07) is 9.02. The summed E-state index contributed by atoms with van der Waals surface area (Å²) in [4.78, 5) is 29.8. The molecule has 12 heteroatoms. The van der Waals surface area contributed by atoms with Crippen LogP contribution in [-0.2, 0) is 37.3 Å². The summed E-state index contributed by atoms with van der Waals surface area (Å²) in [6.07, 6.45) is 1.63. The number of nitrogens with zero attached hydrogens (tertiary/aromatic N) is 3. The van der Waals surface area contributed by atoms with E-state index in [1.807, 2.05) is 18.2 Å². The highest BCUT2D eigenvalue weighted by Gasteiger charge is 2.33. The monoisotopic (exact) mass is 541 g/mol. The van der Waals surface area contributed by atoms with Crippen molar-refractivity contribution in [2.75, 3.05) is 20.2 Å². The quantitative estimate of drug-likeness (QED) is 0.443. The fourth-order valence-corrected chi connectivity index (χ4v) is 8.07. The predicted octanol–water partition coefficient (Wildman–Crippen LogP) is 3.68. The van der Waals surface area contributed by atoms with Gasteiger partial charge in [-0.15, -0.1) is 11.3 Å². The Bertz CT molecular complexity index is 1400. The van der Waals surface area contributed by atoms with Crippen LogP contribution < -0.4 is 4.80 Å². The van der Waals surface area contributed by atoms with E-state index >= 15 is 0 Å². The van der Waals surface area contributed by atoms with E-state index in [0.717, 1.165) is 33.5 Å². The lowest BCUT2D eigenvalue weighted by molar-refractivity contribution is -0.141. The topological polar surface area (TPSA) is 98.0 Å². The Morgan fingerprint density at radius 3 is 2.53 bits per heavy atom. The summed E-state index contributed by atoms with van der Waals surface area (Å²) in [6.45, 7) is 2.48. The molecule has 0 saturated carbocycles. The number of ether oxygens (including phenoxy) is 1. The number of sulfonamides is 1. The van der Waals surface area contributed by atoms with Crippen LogP contribution >= 0.6 is 34.3 Å². The number of thiazole rings is 1. The van der Waals surface area contributed by atoms with Gasteiger partial charge in [0.1, 0.15) is 10.8 Å². The van der Waals surface area contributed by atoms with Crippen LogP contribution in [0.1, 0.15) is 25.3 Å². The molecule has 3 heterocycles. The van der Waals surface area contributed by atoms with Crippen LogP contribution in [0.15, 0.2) is 39.5 Å². The minimum absolute atomic E-state index is 0.0475. The first-order valence-corrected chi connectivity index (χ1v) is 14.2. The van der Waals surface area contributed by atoms with Crippen molar-refractivity contribution < 1.29 is 22.7 Å². The number of methoxy groups -OCH3 is 1. The van der Waals surface area contributed by atoms with Gasteiger partial charge in [0.2, 0.25) is 0 Å². The number of carbonyl (C=O) groups is 2. The number of hydrogen-bond donors (Lipinski definition) is 0. The number of fused-ring (bicyclic) bond motifs is 1. The maximum atomic E-state index is 13.0. The van der Waals surface area contributed by atoms with E-state index < -0.39 is 16.0 Å². The lowest BCUT2D eigenvalue weighted by Gasteiger charge is -2.29. The van der Waals surface area contributed by atoms with Gasteiger partial charge in [-0.2, -0.15) is 9.30 Å². The number of halogens is 1. The summed E-state index contributed by atoms with van der Waals surface area (Å²) in [5.74, 6) is -1.13. The minimum Gasteiger partial charge on any atom is -0.468 e. The summed E-state index contributed by atoms with van der Waals surface area (Å²) >= 11 is 8.27. The predicted molar refractivity (Wildman–Crippen MR) is 133 cm³/mol. The van der Waals surface area contributed by atoms with Gasteiger partial charge in [0, 0.05) is 19.0 Å². The summed E-state index contributed by atoms with van der Waals surface area (Å²) in [5, 5.41) is 0. The standard InChI is InChI=1S/C22H24ClN3O5S3/c1-3-14-4-5-16-17(12-14)32-22(26(16)13-19(27)31-2)24-21(28)15-8-10-25(11-9-15)34(29,30)20-7-6-18(23)33-20/h4-7,12,15H,3,8-11,13H2,1-2H3. The van der Waals surface area contributed by atoms with E-state index in [-0.39, 0.29) is 35.7 Å². The van der Waals surface area contributed by atoms with E-state index in [9.17, 15) is 18.0 Å². The maximum absolute atomic E-state index is 13.0. The van der Waals surface area contributed by atoms with Gasteiger partial charge >= 0.3 is 5.97 Å². The number of carbonyl (C=O) groups excluding carboxylic acids is 2. The molecule has 0 atom stereocenters. The third-order valence-electron chi connectivity index (χ3n) is 5.82. The number of aryl methyl sites for hydroxylation is 1. The second kappa shape index (κ2) is 10.3. The second-order valence-electron chi connectivity index (χ2n) is 7.89. The molecule has 4 rings (SSSR count). The van der Waals surface area contributed by atoms with Crippen LogP contribution in [-0.4, -0.2) is 49.4 Å². The summed E-state index contributed by atoms with van der Waals surface area (Å²) in [5.41, 5.74) is 1.96. The van der Waals surface area contributed by atoms with Crippen molar-refractivity contribution in [3.63, 3.8) is 0 Å². The normalized spacial score (nSPS) is 16.3. The van der Waals surface area contributed by atoms with E-state index in [2.05, 4.69) is 11.9 Å². The molecule has 0 aliphatic carbocycles. The molecule has 0 spiro atoms. The third kappa shape index (κ3) is 5.13. The Kier molecular flexibility index (Phi) is 7.58. The highest BCUT2D eigenvalue weighted by Crippen LogP contribution is 2.31. The Balaban J connectivity index is 1.56. The molecule has 0 unspecified atom stereocenters. The summed E-state index contributed by atoms with van der Waals surface area (Å²) < 4.78 is 35.1. The van der Waals surface area contributed by atoms with Gasteiger partial charge in [-0.3, -0.25) is 9.59 Å². The molecule has 3 aromatic rings. The van der Waals surface area contributed by atoms with Gasteiger partial charge < -0.3 is 9.30 Å². The zero-order chi connectivity index (χ0) is 24.5. The second-order valence-corrected chi connectivity index (χ2v) is 12.8. The lowest BCUT2D eigenvalue weighted by atomic mass is 9.98. The number of amides is 1. The van der Waals surface area contributed by atoms with Gasteiger partial charge in [0.05, 0.1) is 21.7 Å². The van der Waals surface area contributed by atoms with E-state index in [1.54, 1.807) is 10.6 Å². The number of benzene rings is 1. The van der Waals surface area contributed by atoms with Crippen LogP contribution in [0.25, 0.3) is 10.2 Å². The van der Waals surface area contributed by atoms with Crippen molar-refractivity contribution in [2.45, 2.75) is 36.9 Å². The average Bonchev–Trinajstić information content (AvgIpc) is 3.42. The van der Waals surface area contributed by atoms with Gasteiger partial charge in [-0.1, -0.05) is 35.9 Å². The molecule has 0 N–H and O–H groups in total. The molecule has 0 bridgehead atoms.